The summed E-state index contributed by atoms with van der Waals surface area (Å²) in [6, 6.07) is 29.2. The van der Waals surface area contributed by atoms with Gasteiger partial charge in [0.2, 0.25) is 5.91 Å². The normalized spacial score (nSPS) is 16.7. The number of amides is 3. The molecular weight excluding hydrogens is 584 g/mol. The molecule has 2 heterocycles. The summed E-state index contributed by atoms with van der Waals surface area (Å²) < 4.78 is 11.0. The number of aromatic nitrogens is 2. The topological polar surface area (TPSA) is 144 Å². The Morgan fingerprint density at radius 3 is 2.26 bits per heavy atom. The number of nitrogens with zero attached hydrogens (tertiary/aromatic N) is 2. The van der Waals surface area contributed by atoms with Crippen LogP contribution in [0.15, 0.2) is 103 Å². The van der Waals surface area contributed by atoms with E-state index in [0.717, 1.165) is 23.1 Å². The van der Waals surface area contributed by atoms with Crippen molar-refractivity contribution in [2.24, 2.45) is 0 Å². The van der Waals surface area contributed by atoms with Gasteiger partial charge in [-0.1, -0.05) is 78.9 Å². The first-order valence-corrected chi connectivity index (χ1v) is 15.3. The Hall–Kier alpha value is -5.13. The molecule has 0 aliphatic carbocycles. The molecule has 1 fully saturated rings. The minimum atomic E-state index is -0.956. The van der Waals surface area contributed by atoms with Gasteiger partial charge in [-0.05, 0) is 47.7 Å². The molecule has 0 saturated carbocycles. The molecule has 0 radical (unpaired) electrons. The number of anilines is 1. The molecule has 1 saturated heterocycles. The Balaban J connectivity index is 1.22. The number of aryl methyl sites for hydroxylation is 1. The standard InChI is InChI=1S/C35H38N6O5/c1-45-35(44)40-32(31(25-12-4-2-5-13-25)26-14-6-3-7-15-26)34(43)39-29-16-9-8-11-24(29)18-19-28-22-36-27(23-46-28)21-37-33(42)30-17-10-20-38-41-30/h2-17,20,27-28,31-32,36H,18-19,21-23H2,1H3,(H,37,42)(H,39,43)(H,40,44)/t27-,28-,32?/m1/s1. The number of ether oxygens (including phenoxy) is 2. The summed E-state index contributed by atoms with van der Waals surface area (Å²) in [4.78, 5) is 38.8. The number of nitrogens with one attached hydrogen (secondary N) is 4. The van der Waals surface area contributed by atoms with Crippen molar-refractivity contribution in [2.75, 3.05) is 32.1 Å². The van der Waals surface area contributed by atoms with E-state index in [2.05, 4.69) is 31.5 Å². The van der Waals surface area contributed by atoms with Crippen molar-refractivity contribution in [3.63, 3.8) is 0 Å². The second kappa shape index (κ2) is 16.3. The predicted octanol–water partition coefficient (Wildman–Crippen LogP) is 3.69. The molecule has 4 aromatic rings. The molecule has 46 heavy (non-hydrogen) atoms. The van der Waals surface area contributed by atoms with Crippen molar-refractivity contribution >= 4 is 23.6 Å². The fourth-order valence-electron chi connectivity index (χ4n) is 5.49. The second-order valence-electron chi connectivity index (χ2n) is 11.0. The maximum absolute atomic E-state index is 14.0. The Morgan fingerprint density at radius 1 is 0.935 bits per heavy atom. The Morgan fingerprint density at radius 2 is 1.63 bits per heavy atom. The SMILES string of the molecule is COC(=O)NC(C(=O)Nc1ccccc1CC[C@@H]1CN[C@H](CNC(=O)c2cccnn2)CO1)C(c1ccccc1)c1ccccc1. The van der Waals surface area contributed by atoms with Crippen LogP contribution in [-0.4, -0.2) is 73.1 Å². The summed E-state index contributed by atoms with van der Waals surface area (Å²) in [5.74, 6) is -1.11. The highest BCUT2D eigenvalue weighted by Gasteiger charge is 2.33. The van der Waals surface area contributed by atoms with E-state index >= 15 is 0 Å². The molecule has 0 bridgehead atoms. The van der Waals surface area contributed by atoms with Crippen LogP contribution in [0.3, 0.4) is 0 Å². The van der Waals surface area contributed by atoms with Crippen molar-refractivity contribution in [1.29, 1.82) is 0 Å². The highest BCUT2D eigenvalue weighted by molar-refractivity contribution is 5.98. The van der Waals surface area contributed by atoms with E-state index in [0.29, 0.717) is 31.8 Å². The maximum Gasteiger partial charge on any atom is 0.407 e. The van der Waals surface area contributed by atoms with Crippen LogP contribution in [0.25, 0.3) is 0 Å². The minimum absolute atomic E-state index is 0.0233. The molecule has 0 spiro atoms. The van der Waals surface area contributed by atoms with Crippen LogP contribution in [0, 0.1) is 0 Å². The van der Waals surface area contributed by atoms with Crippen molar-refractivity contribution in [2.45, 2.75) is 36.9 Å². The number of benzene rings is 3. The van der Waals surface area contributed by atoms with Gasteiger partial charge in [-0.3, -0.25) is 9.59 Å². The first-order valence-electron chi connectivity index (χ1n) is 15.3. The average Bonchev–Trinajstić information content (AvgIpc) is 3.11. The van der Waals surface area contributed by atoms with Crippen molar-refractivity contribution < 1.29 is 23.9 Å². The number of methoxy groups -OCH3 is 1. The highest BCUT2D eigenvalue weighted by Crippen LogP contribution is 2.30. The molecule has 11 nitrogen and oxygen atoms in total. The van der Waals surface area contributed by atoms with Crippen molar-refractivity contribution in [1.82, 2.24) is 26.1 Å². The fraction of sp³-hybridized carbons (Fsp3) is 0.286. The number of para-hydroxylation sites is 1. The lowest BCUT2D eigenvalue weighted by atomic mass is 9.84. The largest absolute Gasteiger partial charge is 0.453 e. The van der Waals surface area contributed by atoms with Crippen LogP contribution in [0.4, 0.5) is 10.5 Å². The minimum Gasteiger partial charge on any atom is -0.453 e. The number of alkyl carbamates (subject to hydrolysis) is 1. The lowest BCUT2D eigenvalue weighted by molar-refractivity contribution is -0.118. The fourth-order valence-corrected chi connectivity index (χ4v) is 5.49. The van der Waals surface area contributed by atoms with E-state index in [-0.39, 0.29) is 29.7 Å². The number of hydrogen-bond donors (Lipinski definition) is 4. The molecular formula is C35H38N6O5. The predicted molar refractivity (Wildman–Crippen MR) is 173 cm³/mol. The summed E-state index contributed by atoms with van der Waals surface area (Å²) in [7, 11) is 1.28. The number of morpholine rings is 1. The first kappa shape index (κ1) is 32.3. The van der Waals surface area contributed by atoms with Crippen LogP contribution in [0.5, 0.6) is 0 Å². The average molecular weight is 623 g/mol. The van der Waals surface area contributed by atoms with E-state index in [1.165, 1.54) is 13.3 Å². The van der Waals surface area contributed by atoms with Gasteiger partial charge in [-0.15, -0.1) is 5.10 Å². The van der Waals surface area contributed by atoms with E-state index < -0.39 is 18.1 Å². The number of carbonyl (C=O) groups is 3. The maximum atomic E-state index is 14.0. The highest BCUT2D eigenvalue weighted by atomic mass is 16.5. The van der Waals surface area contributed by atoms with Gasteiger partial charge in [0.15, 0.2) is 5.69 Å². The van der Waals surface area contributed by atoms with Gasteiger partial charge in [0.25, 0.3) is 5.91 Å². The number of rotatable bonds is 12. The molecule has 1 aliphatic rings. The zero-order valence-electron chi connectivity index (χ0n) is 25.6. The summed E-state index contributed by atoms with van der Waals surface area (Å²) in [6.45, 7) is 1.48. The molecule has 3 atom stereocenters. The van der Waals surface area contributed by atoms with Gasteiger partial charge in [0, 0.05) is 36.9 Å². The molecule has 5 rings (SSSR count). The molecule has 238 valence electrons. The van der Waals surface area contributed by atoms with Gasteiger partial charge < -0.3 is 30.7 Å². The van der Waals surface area contributed by atoms with Crippen LogP contribution in [0.1, 0.15) is 39.5 Å². The van der Waals surface area contributed by atoms with E-state index in [4.69, 9.17) is 9.47 Å². The Labute approximate surface area is 268 Å². The molecule has 1 aromatic heterocycles. The van der Waals surface area contributed by atoms with Gasteiger partial charge in [0.1, 0.15) is 6.04 Å². The van der Waals surface area contributed by atoms with Crippen LogP contribution in [0.2, 0.25) is 0 Å². The summed E-state index contributed by atoms with van der Waals surface area (Å²) in [5.41, 5.74) is 3.65. The zero-order chi connectivity index (χ0) is 32.1. The Bertz CT molecular complexity index is 1530. The van der Waals surface area contributed by atoms with Crippen LogP contribution >= 0.6 is 0 Å². The third-order valence-electron chi connectivity index (χ3n) is 7.88. The summed E-state index contributed by atoms with van der Waals surface area (Å²) in [6.07, 6.45) is 2.17. The van der Waals surface area contributed by atoms with E-state index in [1.54, 1.807) is 12.1 Å². The van der Waals surface area contributed by atoms with Gasteiger partial charge in [0.05, 0.1) is 19.8 Å². The zero-order valence-corrected chi connectivity index (χ0v) is 25.6. The third-order valence-corrected chi connectivity index (χ3v) is 7.88. The molecule has 3 aromatic carbocycles. The van der Waals surface area contributed by atoms with Crippen molar-refractivity contribution in [3.8, 4) is 0 Å². The molecule has 11 heteroatoms. The lowest BCUT2D eigenvalue weighted by Gasteiger charge is -2.31. The van der Waals surface area contributed by atoms with Gasteiger partial charge in [-0.25, -0.2) is 4.79 Å². The smallest absolute Gasteiger partial charge is 0.407 e. The quantitative estimate of drug-likeness (QED) is 0.187. The number of hydrogen-bond acceptors (Lipinski definition) is 8. The molecule has 3 amide bonds. The summed E-state index contributed by atoms with van der Waals surface area (Å²) in [5, 5.41) is 19.7. The number of carbonyl (C=O) groups excluding carboxylic acids is 3. The van der Waals surface area contributed by atoms with E-state index in [1.807, 2.05) is 84.9 Å². The van der Waals surface area contributed by atoms with Crippen LogP contribution < -0.4 is 21.3 Å². The van der Waals surface area contributed by atoms with Gasteiger partial charge >= 0.3 is 6.09 Å². The summed E-state index contributed by atoms with van der Waals surface area (Å²) >= 11 is 0. The molecule has 4 N–H and O–H groups in total. The van der Waals surface area contributed by atoms with Gasteiger partial charge in [-0.2, -0.15) is 5.10 Å². The van der Waals surface area contributed by atoms with E-state index in [9.17, 15) is 14.4 Å². The van der Waals surface area contributed by atoms with Crippen molar-refractivity contribution in [3.05, 3.63) is 126 Å². The monoisotopic (exact) mass is 622 g/mol. The molecule has 1 unspecified atom stereocenters. The molecule has 1 aliphatic heterocycles. The third kappa shape index (κ3) is 8.74. The lowest BCUT2D eigenvalue weighted by Crippen LogP contribution is -2.51. The Kier molecular flexibility index (Phi) is 11.4. The van der Waals surface area contributed by atoms with Crippen LogP contribution in [-0.2, 0) is 20.7 Å². The second-order valence-corrected chi connectivity index (χ2v) is 11.0. The first-order chi connectivity index (χ1) is 22.5.